The number of rotatable bonds is 11. The van der Waals surface area contributed by atoms with Crippen LogP contribution >= 0.6 is 0 Å². The second-order valence-electron chi connectivity index (χ2n) is 8.29. The van der Waals surface area contributed by atoms with E-state index >= 15 is 0 Å². The number of carbonyl (C=O) groups excluding carboxylic acids is 2. The highest BCUT2D eigenvalue weighted by molar-refractivity contribution is 7.89. The molecule has 0 radical (unpaired) electrons. The van der Waals surface area contributed by atoms with Gasteiger partial charge in [-0.05, 0) is 55.8 Å². The van der Waals surface area contributed by atoms with Gasteiger partial charge in [-0.2, -0.15) is 4.31 Å². The summed E-state index contributed by atoms with van der Waals surface area (Å²) in [4.78, 5) is 26.8. The number of hydrogen-bond donors (Lipinski definition) is 2. The average Bonchev–Trinajstić information content (AvgIpc) is 2.93. The van der Waals surface area contributed by atoms with Crippen molar-refractivity contribution in [2.75, 3.05) is 63.3 Å². The summed E-state index contributed by atoms with van der Waals surface area (Å²) in [5.74, 6) is -1.15. The molecule has 1 aliphatic heterocycles. The first kappa shape index (κ1) is 29.0. The molecule has 1 heterocycles. The number of esters is 1. The fraction of sp³-hybridized carbons (Fsp3) is 0.385. The molecular weight excluding hydrogens is 514 g/mol. The smallest absolute Gasteiger partial charge is 0.331 e. The Morgan fingerprint density at radius 2 is 1.84 bits per heavy atom. The van der Waals surface area contributed by atoms with Crippen LogP contribution in [-0.4, -0.2) is 82.8 Å². The lowest BCUT2D eigenvalue weighted by Crippen LogP contribution is -2.40. The van der Waals surface area contributed by atoms with Crippen molar-refractivity contribution in [3.8, 4) is 11.5 Å². The Hall–Kier alpha value is -3.61. The van der Waals surface area contributed by atoms with Gasteiger partial charge in [0.2, 0.25) is 10.0 Å². The molecule has 0 saturated carbocycles. The van der Waals surface area contributed by atoms with Crippen LogP contribution in [0.25, 0.3) is 6.08 Å². The largest absolute Gasteiger partial charge is 0.504 e. The lowest BCUT2D eigenvalue weighted by Gasteiger charge is -2.28. The van der Waals surface area contributed by atoms with Crippen molar-refractivity contribution in [3.05, 3.63) is 48.0 Å². The number of ether oxygens (including phenoxy) is 3. The summed E-state index contributed by atoms with van der Waals surface area (Å²) in [7, 11) is -2.37. The number of benzene rings is 2. The summed E-state index contributed by atoms with van der Waals surface area (Å²) >= 11 is 0. The van der Waals surface area contributed by atoms with Crippen LogP contribution in [0.1, 0.15) is 19.4 Å². The number of phenolic OH excluding ortho intramolecular Hbond substituents is 1. The topological polar surface area (TPSA) is 135 Å². The Bertz CT molecular complexity index is 1270. The van der Waals surface area contributed by atoms with Gasteiger partial charge in [0, 0.05) is 32.3 Å². The van der Waals surface area contributed by atoms with Crippen molar-refractivity contribution >= 4 is 39.4 Å². The lowest BCUT2D eigenvalue weighted by atomic mass is 10.2. The second-order valence-corrected chi connectivity index (χ2v) is 10.2. The number of nitrogens with zero attached hydrogens (tertiary/aromatic N) is 2. The van der Waals surface area contributed by atoms with Crippen molar-refractivity contribution in [1.82, 2.24) is 4.31 Å². The molecule has 0 atom stereocenters. The van der Waals surface area contributed by atoms with Gasteiger partial charge in [-0.25, -0.2) is 13.2 Å². The monoisotopic (exact) mass is 547 g/mol. The van der Waals surface area contributed by atoms with Crippen LogP contribution in [0.3, 0.4) is 0 Å². The summed E-state index contributed by atoms with van der Waals surface area (Å²) in [5, 5.41) is 12.4. The molecule has 0 spiro atoms. The minimum absolute atomic E-state index is 0.0326. The highest BCUT2D eigenvalue weighted by Crippen LogP contribution is 2.31. The third-order valence-electron chi connectivity index (χ3n) is 5.92. The maximum absolute atomic E-state index is 13.2. The standard InChI is InChI=1S/C26H33N3O8S/c1-4-28(5-2)22-9-8-20(38(33,34)29-12-14-36-15-13-29)17-21(22)27-25(31)18-37-26(32)11-7-19-6-10-23(30)24(16-19)35-3/h6-11,16-17,30H,4-5,12-15,18H2,1-3H3,(H,27,31)/b11-7+. The van der Waals surface area contributed by atoms with E-state index in [4.69, 9.17) is 14.2 Å². The van der Waals surface area contributed by atoms with E-state index in [9.17, 15) is 23.1 Å². The highest BCUT2D eigenvalue weighted by atomic mass is 32.2. The van der Waals surface area contributed by atoms with Gasteiger partial charge in [-0.3, -0.25) is 4.79 Å². The molecule has 38 heavy (non-hydrogen) atoms. The molecule has 3 rings (SSSR count). The number of methoxy groups -OCH3 is 1. The Kier molecular flexibility index (Phi) is 10.1. The Morgan fingerprint density at radius 1 is 1.13 bits per heavy atom. The molecule has 11 nitrogen and oxygen atoms in total. The summed E-state index contributed by atoms with van der Waals surface area (Å²) in [6.45, 7) is 5.75. The second kappa shape index (κ2) is 13.3. The van der Waals surface area contributed by atoms with E-state index < -0.39 is 28.5 Å². The number of carbonyl (C=O) groups is 2. The Balaban J connectivity index is 1.72. The third kappa shape index (κ3) is 7.24. The molecule has 1 fully saturated rings. The van der Waals surface area contributed by atoms with E-state index in [0.717, 1.165) is 6.08 Å². The number of nitrogens with one attached hydrogen (secondary N) is 1. The predicted molar refractivity (Wildman–Crippen MR) is 143 cm³/mol. The van der Waals surface area contributed by atoms with E-state index in [0.29, 0.717) is 43.2 Å². The van der Waals surface area contributed by atoms with Crippen LogP contribution in [-0.2, 0) is 29.1 Å². The summed E-state index contributed by atoms with van der Waals surface area (Å²) in [6, 6.07) is 9.17. The molecule has 0 unspecified atom stereocenters. The molecule has 2 aromatic carbocycles. The zero-order chi connectivity index (χ0) is 27.7. The minimum Gasteiger partial charge on any atom is -0.504 e. The van der Waals surface area contributed by atoms with Gasteiger partial charge >= 0.3 is 5.97 Å². The highest BCUT2D eigenvalue weighted by Gasteiger charge is 2.27. The molecule has 206 valence electrons. The Morgan fingerprint density at radius 3 is 2.50 bits per heavy atom. The molecular formula is C26H33N3O8S. The maximum atomic E-state index is 13.2. The molecule has 2 aromatic rings. The van der Waals surface area contributed by atoms with Crippen LogP contribution in [0.4, 0.5) is 11.4 Å². The number of amides is 1. The fourth-order valence-electron chi connectivity index (χ4n) is 3.89. The summed E-state index contributed by atoms with van der Waals surface area (Å²) in [6.07, 6.45) is 2.61. The number of anilines is 2. The normalized spacial score (nSPS) is 14.3. The van der Waals surface area contributed by atoms with Crippen LogP contribution < -0.4 is 15.0 Å². The average molecular weight is 548 g/mol. The molecule has 1 amide bonds. The van der Waals surface area contributed by atoms with E-state index in [-0.39, 0.29) is 29.5 Å². The first-order valence-corrected chi connectivity index (χ1v) is 13.6. The first-order chi connectivity index (χ1) is 18.2. The van der Waals surface area contributed by atoms with Gasteiger partial charge in [0.1, 0.15) is 0 Å². The first-order valence-electron chi connectivity index (χ1n) is 12.2. The third-order valence-corrected chi connectivity index (χ3v) is 7.81. The molecule has 0 aromatic heterocycles. The number of aromatic hydroxyl groups is 1. The van der Waals surface area contributed by atoms with Gasteiger partial charge in [0.05, 0.1) is 36.6 Å². The van der Waals surface area contributed by atoms with Gasteiger partial charge in [0.25, 0.3) is 5.91 Å². The quantitative estimate of drug-likeness (QED) is 0.321. The number of hydrogen-bond acceptors (Lipinski definition) is 9. The van der Waals surface area contributed by atoms with Crippen molar-refractivity contribution in [2.45, 2.75) is 18.7 Å². The summed E-state index contributed by atoms with van der Waals surface area (Å²) in [5.41, 5.74) is 1.54. The van der Waals surface area contributed by atoms with E-state index in [2.05, 4.69) is 5.32 Å². The lowest BCUT2D eigenvalue weighted by molar-refractivity contribution is -0.142. The van der Waals surface area contributed by atoms with Crippen molar-refractivity contribution in [2.24, 2.45) is 0 Å². The van der Waals surface area contributed by atoms with Crippen LogP contribution in [0.5, 0.6) is 11.5 Å². The van der Waals surface area contributed by atoms with Crippen LogP contribution in [0, 0.1) is 0 Å². The van der Waals surface area contributed by atoms with Crippen LogP contribution in [0.15, 0.2) is 47.4 Å². The number of sulfonamides is 1. The van der Waals surface area contributed by atoms with E-state index in [1.54, 1.807) is 18.2 Å². The van der Waals surface area contributed by atoms with Crippen molar-refractivity contribution in [1.29, 1.82) is 0 Å². The van der Waals surface area contributed by atoms with E-state index in [1.165, 1.54) is 35.7 Å². The van der Waals surface area contributed by atoms with Crippen molar-refractivity contribution in [3.63, 3.8) is 0 Å². The molecule has 2 N–H and O–H groups in total. The van der Waals surface area contributed by atoms with Crippen molar-refractivity contribution < 1.29 is 37.3 Å². The van der Waals surface area contributed by atoms with Gasteiger partial charge < -0.3 is 29.5 Å². The maximum Gasteiger partial charge on any atom is 0.331 e. The van der Waals surface area contributed by atoms with E-state index in [1.807, 2.05) is 18.7 Å². The molecule has 1 aliphatic rings. The molecule has 0 aliphatic carbocycles. The number of phenols is 1. The van der Waals surface area contributed by atoms with Crippen LogP contribution in [0.2, 0.25) is 0 Å². The van der Waals surface area contributed by atoms with Gasteiger partial charge in [-0.15, -0.1) is 0 Å². The van der Waals surface area contributed by atoms with Gasteiger partial charge in [0.15, 0.2) is 18.1 Å². The zero-order valence-corrected chi connectivity index (χ0v) is 22.5. The summed E-state index contributed by atoms with van der Waals surface area (Å²) < 4.78 is 43.0. The SMILES string of the molecule is CCN(CC)c1ccc(S(=O)(=O)N2CCOCC2)cc1NC(=O)COC(=O)/C=C/c1ccc(O)c(OC)c1. The Labute approximate surface area is 222 Å². The zero-order valence-electron chi connectivity index (χ0n) is 21.7. The molecule has 1 saturated heterocycles. The minimum atomic E-state index is -3.78. The molecule has 0 bridgehead atoms. The van der Waals surface area contributed by atoms with Gasteiger partial charge in [-0.1, -0.05) is 6.07 Å². The molecule has 12 heteroatoms. The fourth-order valence-corrected chi connectivity index (χ4v) is 5.32. The predicted octanol–water partition coefficient (Wildman–Crippen LogP) is 2.46. The number of morpholine rings is 1.